The van der Waals surface area contributed by atoms with Gasteiger partial charge in [-0.15, -0.1) is 0 Å². The van der Waals surface area contributed by atoms with Crippen molar-refractivity contribution in [3.8, 4) is 11.8 Å². The SMILES string of the molecule is NS(=O)(=O)c1ncccc1CCC#Cc1cccc2c1CN(C1CCC(=O)NC1=O)C2=O. The van der Waals surface area contributed by atoms with E-state index in [9.17, 15) is 22.8 Å². The molecule has 0 saturated carbocycles. The number of aryl methyl sites for hydroxylation is 1. The van der Waals surface area contributed by atoms with Crippen molar-refractivity contribution in [1.29, 1.82) is 0 Å². The standard InChI is InChI=1S/C22H20N4O5S/c23-32(30,31)21-15(8-4-12-24-21)6-2-1-5-14-7-3-9-16-17(14)13-26(22(16)29)18-10-11-19(27)25-20(18)28/h3-4,7-9,12,18H,2,6,10-11,13H2,(H2,23,30,31)(H,25,27,28). The topological polar surface area (TPSA) is 140 Å². The van der Waals surface area contributed by atoms with Gasteiger partial charge in [0, 0.05) is 36.7 Å². The van der Waals surface area contributed by atoms with E-state index in [1.165, 1.54) is 11.1 Å². The van der Waals surface area contributed by atoms with Crippen LogP contribution < -0.4 is 10.5 Å². The molecule has 0 bridgehead atoms. The third kappa shape index (κ3) is 4.26. The van der Waals surface area contributed by atoms with Gasteiger partial charge in [-0.1, -0.05) is 24.0 Å². The van der Waals surface area contributed by atoms with Crippen LogP contribution in [0.15, 0.2) is 41.6 Å². The largest absolute Gasteiger partial charge is 0.322 e. The van der Waals surface area contributed by atoms with E-state index >= 15 is 0 Å². The fourth-order valence-corrected chi connectivity index (χ4v) is 4.67. The molecule has 1 aromatic carbocycles. The van der Waals surface area contributed by atoms with Crippen LogP contribution in [0.2, 0.25) is 0 Å². The number of benzene rings is 1. The molecule has 1 atom stereocenters. The molecule has 3 amide bonds. The maximum atomic E-state index is 12.9. The Bertz CT molecular complexity index is 1290. The second kappa shape index (κ2) is 8.53. The van der Waals surface area contributed by atoms with Gasteiger partial charge in [-0.25, -0.2) is 18.5 Å². The van der Waals surface area contributed by atoms with Crippen LogP contribution in [0.25, 0.3) is 0 Å². The first-order chi connectivity index (χ1) is 15.3. The first-order valence-electron chi connectivity index (χ1n) is 9.98. The second-order valence-corrected chi connectivity index (χ2v) is 9.02. The maximum Gasteiger partial charge on any atom is 0.255 e. The minimum absolute atomic E-state index is 0.159. The van der Waals surface area contributed by atoms with Gasteiger partial charge in [0.2, 0.25) is 11.8 Å². The van der Waals surface area contributed by atoms with Gasteiger partial charge in [0.25, 0.3) is 15.9 Å². The number of primary sulfonamides is 1. The zero-order chi connectivity index (χ0) is 22.9. The van der Waals surface area contributed by atoms with Crippen molar-refractivity contribution >= 4 is 27.7 Å². The number of piperidine rings is 1. The zero-order valence-corrected chi connectivity index (χ0v) is 17.8. The van der Waals surface area contributed by atoms with Gasteiger partial charge >= 0.3 is 0 Å². The molecule has 1 unspecified atom stereocenters. The predicted molar refractivity (Wildman–Crippen MR) is 113 cm³/mol. The molecule has 2 aromatic rings. The lowest BCUT2D eigenvalue weighted by Crippen LogP contribution is -2.52. The summed E-state index contributed by atoms with van der Waals surface area (Å²) < 4.78 is 23.3. The molecule has 3 heterocycles. The fourth-order valence-electron chi connectivity index (χ4n) is 3.93. The van der Waals surface area contributed by atoms with Crippen LogP contribution in [0, 0.1) is 11.8 Å². The van der Waals surface area contributed by atoms with Crippen LogP contribution >= 0.6 is 0 Å². The Balaban J connectivity index is 1.51. The van der Waals surface area contributed by atoms with E-state index < -0.39 is 22.0 Å². The monoisotopic (exact) mass is 452 g/mol. The number of hydrogen-bond acceptors (Lipinski definition) is 6. The highest BCUT2D eigenvalue weighted by Crippen LogP contribution is 2.29. The summed E-state index contributed by atoms with van der Waals surface area (Å²) in [6, 6.07) is 7.82. The van der Waals surface area contributed by atoms with Crippen LogP contribution in [0.4, 0.5) is 0 Å². The molecule has 0 radical (unpaired) electrons. The number of aromatic nitrogens is 1. The van der Waals surface area contributed by atoms with E-state index in [1.807, 2.05) is 0 Å². The number of pyridine rings is 1. The number of amides is 3. The molecule has 1 saturated heterocycles. The molecule has 1 fully saturated rings. The maximum absolute atomic E-state index is 12.9. The van der Waals surface area contributed by atoms with Crippen LogP contribution in [-0.2, 0) is 32.6 Å². The molecule has 2 aliphatic heterocycles. The van der Waals surface area contributed by atoms with Gasteiger partial charge in [0.15, 0.2) is 5.03 Å². The number of nitrogens with one attached hydrogen (secondary N) is 1. The number of hydrogen-bond donors (Lipinski definition) is 2. The van der Waals surface area contributed by atoms with E-state index in [0.717, 1.165) is 5.56 Å². The highest BCUT2D eigenvalue weighted by Gasteiger charge is 2.39. The van der Waals surface area contributed by atoms with Gasteiger partial charge in [-0.3, -0.25) is 19.7 Å². The summed E-state index contributed by atoms with van der Waals surface area (Å²) in [7, 11) is -3.92. The Morgan fingerprint density at radius 2 is 2.00 bits per heavy atom. The summed E-state index contributed by atoms with van der Waals surface area (Å²) in [6.07, 6.45) is 2.57. The summed E-state index contributed by atoms with van der Waals surface area (Å²) >= 11 is 0. The van der Waals surface area contributed by atoms with Gasteiger partial charge in [0.1, 0.15) is 6.04 Å². The number of nitrogens with zero attached hydrogens (tertiary/aromatic N) is 2. The molecular formula is C22H20N4O5S. The summed E-state index contributed by atoms with van der Waals surface area (Å²) in [4.78, 5) is 41.8. The molecule has 9 nitrogen and oxygen atoms in total. The van der Waals surface area contributed by atoms with Crippen molar-refractivity contribution in [3.63, 3.8) is 0 Å². The van der Waals surface area contributed by atoms with Crippen LogP contribution in [-0.4, -0.2) is 42.1 Å². The molecule has 164 valence electrons. The second-order valence-electron chi connectivity index (χ2n) is 7.55. The molecule has 1 aromatic heterocycles. The number of sulfonamides is 1. The summed E-state index contributed by atoms with van der Waals surface area (Å²) in [5.41, 5.74) is 2.39. The van der Waals surface area contributed by atoms with Gasteiger partial charge in [-0.2, -0.15) is 0 Å². The summed E-state index contributed by atoms with van der Waals surface area (Å²) in [5.74, 6) is 5.02. The third-order valence-corrected chi connectivity index (χ3v) is 6.35. The van der Waals surface area contributed by atoms with Crippen molar-refractivity contribution in [3.05, 3.63) is 58.8 Å². The van der Waals surface area contributed by atoms with Gasteiger partial charge in [0.05, 0.1) is 0 Å². The van der Waals surface area contributed by atoms with E-state index in [-0.39, 0.29) is 29.8 Å². The molecule has 10 heteroatoms. The molecule has 2 aliphatic rings. The normalized spacial score (nSPS) is 18.1. The Hall–Kier alpha value is -3.55. The lowest BCUT2D eigenvalue weighted by atomic mass is 10.0. The summed E-state index contributed by atoms with van der Waals surface area (Å²) in [6.45, 7) is 0.240. The molecule has 3 N–H and O–H groups in total. The highest BCUT2D eigenvalue weighted by molar-refractivity contribution is 7.89. The fraction of sp³-hybridized carbons (Fsp3) is 0.273. The van der Waals surface area contributed by atoms with E-state index in [2.05, 4.69) is 22.1 Å². The average molecular weight is 452 g/mol. The number of nitrogens with two attached hydrogens (primary N) is 1. The average Bonchev–Trinajstić information content (AvgIpc) is 3.08. The molecule has 0 spiro atoms. The van der Waals surface area contributed by atoms with Crippen molar-refractivity contribution in [2.75, 3.05) is 0 Å². The number of rotatable bonds is 4. The van der Waals surface area contributed by atoms with E-state index in [1.54, 1.807) is 30.3 Å². The molecular weight excluding hydrogens is 432 g/mol. The number of imide groups is 1. The van der Waals surface area contributed by atoms with Crippen LogP contribution in [0.5, 0.6) is 0 Å². The smallest absolute Gasteiger partial charge is 0.255 e. The molecule has 4 rings (SSSR count). The quantitative estimate of drug-likeness (QED) is 0.511. The van der Waals surface area contributed by atoms with Crippen LogP contribution in [0.1, 0.15) is 46.3 Å². The Morgan fingerprint density at radius 1 is 1.19 bits per heavy atom. The number of carbonyl (C=O) groups is 3. The Morgan fingerprint density at radius 3 is 2.75 bits per heavy atom. The first kappa shape index (κ1) is 21.7. The predicted octanol–water partition coefficient (Wildman–Crippen LogP) is 0.474. The Labute approximate surface area is 185 Å². The molecule has 0 aliphatic carbocycles. The third-order valence-electron chi connectivity index (χ3n) is 5.44. The van der Waals surface area contributed by atoms with Crippen molar-refractivity contribution in [2.24, 2.45) is 5.14 Å². The van der Waals surface area contributed by atoms with E-state index in [0.29, 0.717) is 36.0 Å². The number of fused-ring (bicyclic) bond motifs is 1. The Kier molecular flexibility index (Phi) is 5.78. The van der Waals surface area contributed by atoms with Gasteiger partial charge in [-0.05, 0) is 42.2 Å². The van der Waals surface area contributed by atoms with E-state index in [4.69, 9.17) is 5.14 Å². The zero-order valence-electron chi connectivity index (χ0n) is 17.0. The van der Waals surface area contributed by atoms with Crippen molar-refractivity contribution in [2.45, 2.75) is 43.3 Å². The lowest BCUT2D eigenvalue weighted by molar-refractivity contribution is -0.136. The van der Waals surface area contributed by atoms with Crippen molar-refractivity contribution < 1.29 is 22.8 Å². The minimum atomic E-state index is -3.92. The number of carbonyl (C=O) groups excluding carboxylic acids is 3. The van der Waals surface area contributed by atoms with Crippen molar-refractivity contribution in [1.82, 2.24) is 15.2 Å². The van der Waals surface area contributed by atoms with Crippen LogP contribution in [0.3, 0.4) is 0 Å². The summed E-state index contributed by atoms with van der Waals surface area (Å²) in [5, 5.41) is 7.33. The molecule has 32 heavy (non-hydrogen) atoms. The highest BCUT2D eigenvalue weighted by atomic mass is 32.2. The van der Waals surface area contributed by atoms with Gasteiger partial charge < -0.3 is 4.90 Å². The minimum Gasteiger partial charge on any atom is -0.322 e. The first-order valence-corrected chi connectivity index (χ1v) is 11.5. The lowest BCUT2D eigenvalue weighted by Gasteiger charge is -2.29.